The average molecular weight is 212 g/mol. The van der Waals surface area contributed by atoms with Gasteiger partial charge in [0.2, 0.25) is 0 Å². The van der Waals surface area contributed by atoms with Gasteiger partial charge in [-0.15, -0.1) is 11.3 Å². The summed E-state index contributed by atoms with van der Waals surface area (Å²) in [4.78, 5) is 6.04. The molecule has 0 amide bonds. The lowest BCUT2D eigenvalue weighted by molar-refractivity contribution is 0.441. The molecule has 2 nitrogen and oxygen atoms in total. The van der Waals surface area contributed by atoms with Crippen LogP contribution in [0.4, 0.5) is 0 Å². The SMILES string of the molecule is CCc1nc(C(NC)C(C)C)sc1C. The summed E-state index contributed by atoms with van der Waals surface area (Å²) in [6.07, 6.45) is 1.04. The molecule has 1 aromatic heterocycles. The van der Waals surface area contributed by atoms with Gasteiger partial charge < -0.3 is 5.32 Å². The van der Waals surface area contributed by atoms with Gasteiger partial charge >= 0.3 is 0 Å². The normalized spacial score (nSPS) is 13.6. The van der Waals surface area contributed by atoms with Gasteiger partial charge in [0.25, 0.3) is 0 Å². The van der Waals surface area contributed by atoms with Crippen LogP contribution in [0.15, 0.2) is 0 Å². The molecule has 1 aromatic rings. The third kappa shape index (κ3) is 2.34. The Morgan fingerprint density at radius 2 is 2.07 bits per heavy atom. The van der Waals surface area contributed by atoms with Crippen molar-refractivity contribution in [2.75, 3.05) is 7.05 Å². The zero-order valence-corrected chi connectivity index (χ0v) is 10.5. The molecule has 0 aromatic carbocycles. The Morgan fingerprint density at radius 3 is 2.43 bits per heavy atom. The first-order valence-corrected chi connectivity index (χ1v) is 6.05. The minimum absolute atomic E-state index is 0.402. The number of rotatable bonds is 4. The summed E-state index contributed by atoms with van der Waals surface area (Å²) < 4.78 is 0. The maximum absolute atomic E-state index is 4.68. The number of thiazole rings is 1. The van der Waals surface area contributed by atoms with Crippen molar-refractivity contribution in [1.29, 1.82) is 0 Å². The Hall–Kier alpha value is -0.410. The molecular formula is C11H20N2S. The van der Waals surface area contributed by atoms with Crippen LogP contribution < -0.4 is 5.32 Å². The van der Waals surface area contributed by atoms with Gasteiger partial charge in [-0.05, 0) is 26.3 Å². The molecule has 1 rings (SSSR count). The van der Waals surface area contributed by atoms with Crippen molar-refractivity contribution in [3.8, 4) is 0 Å². The lowest BCUT2D eigenvalue weighted by atomic mass is 10.1. The molecule has 1 heterocycles. The Kier molecular flexibility index (Phi) is 4.08. The molecule has 1 unspecified atom stereocenters. The van der Waals surface area contributed by atoms with Crippen LogP contribution >= 0.6 is 11.3 Å². The minimum atomic E-state index is 0.402. The standard InChI is InChI=1S/C11H20N2S/c1-6-9-8(4)14-11(13-9)10(12-5)7(2)3/h7,10,12H,6H2,1-5H3. The van der Waals surface area contributed by atoms with E-state index in [4.69, 9.17) is 0 Å². The van der Waals surface area contributed by atoms with Crippen molar-refractivity contribution in [3.05, 3.63) is 15.6 Å². The summed E-state index contributed by atoms with van der Waals surface area (Å²) in [6, 6.07) is 0.402. The molecule has 80 valence electrons. The molecule has 3 heteroatoms. The fraction of sp³-hybridized carbons (Fsp3) is 0.727. The van der Waals surface area contributed by atoms with E-state index >= 15 is 0 Å². The van der Waals surface area contributed by atoms with Crippen molar-refractivity contribution < 1.29 is 0 Å². The van der Waals surface area contributed by atoms with E-state index in [1.165, 1.54) is 15.6 Å². The molecule has 0 aliphatic heterocycles. The van der Waals surface area contributed by atoms with Gasteiger partial charge in [0.1, 0.15) is 5.01 Å². The van der Waals surface area contributed by atoms with Crippen molar-refractivity contribution in [1.82, 2.24) is 10.3 Å². The highest BCUT2D eigenvalue weighted by molar-refractivity contribution is 7.11. The number of aryl methyl sites for hydroxylation is 2. The highest BCUT2D eigenvalue weighted by Crippen LogP contribution is 2.27. The maximum atomic E-state index is 4.68. The maximum Gasteiger partial charge on any atom is 0.110 e. The molecule has 0 spiro atoms. The number of nitrogens with zero attached hydrogens (tertiary/aromatic N) is 1. The second-order valence-corrected chi connectivity index (χ2v) is 5.15. The molecule has 1 atom stereocenters. The molecule has 0 radical (unpaired) electrons. The molecule has 0 fully saturated rings. The fourth-order valence-electron chi connectivity index (χ4n) is 1.65. The quantitative estimate of drug-likeness (QED) is 0.830. The third-order valence-corrected chi connectivity index (χ3v) is 3.58. The van der Waals surface area contributed by atoms with Gasteiger partial charge in [-0.2, -0.15) is 0 Å². The van der Waals surface area contributed by atoms with Crippen LogP contribution in [0.2, 0.25) is 0 Å². The topological polar surface area (TPSA) is 24.9 Å². The minimum Gasteiger partial charge on any atom is -0.311 e. The van der Waals surface area contributed by atoms with E-state index in [0.29, 0.717) is 12.0 Å². The molecule has 14 heavy (non-hydrogen) atoms. The van der Waals surface area contributed by atoms with Gasteiger partial charge in [-0.1, -0.05) is 20.8 Å². The first-order valence-electron chi connectivity index (χ1n) is 5.23. The van der Waals surface area contributed by atoms with Gasteiger partial charge in [0.15, 0.2) is 0 Å². The lowest BCUT2D eigenvalue weighted by Gasteiger charge is -2.16. The van der Waals surface area contributed by atoms with Crippen LogP contribution in [-0.2, 0) is 6.42 Å². The second kappa shape index (κ2) is 4.89. The van der Waals surface area contributed by atoms with E-state index in [1.54, 1.807) is 0 Å². The van der Waals surface area contributed by atoms with Crippen LogP contribution in [0, 0.1) is 12.8 Å². The van der Waals surface area contributed by atoms with Crippen molar-refractivity contribution in [2.24, 2.45) is 5.92 Å². The van der Waals surface area contributed by atoms with Crippen LogP contribution in [0.5, 0.6) is 0 Å². The number of hydrogen-bond donors (Lipinski definition) is 1. The van der Waals surface area contributed by atoms with E-state index in [9.17, 15) is 0 Å². The molecular weight excluding hydrogens is 192 g/mol. The summed E-state index contributed by atoms with van der Waals surface area (Å²) in [5.41, 5.74) is 1.26. The highest BCUT2D eigenvalue weighted by atomic mass is 32.1. The first-order chi connectivity index (χ1) is 6.60. The van der Waals surface area contributed by atoms with Crippen molar-refractivity contribution in [3.63, 3.8) is 0 Å². The summed E-state index contributed by atoms with van der Waals surface area (Å²) in [7, 11) is 2.01. The van der Waals surface area contributed by atoms with Gasteiger partial charge in [-0.25, -0.2) is 4.98 Å². The van der Waals surface area contributed by atoms with Crippen molar-refractivity contribution in [2.45, 2.75) is 40.2 Å². The average Bonchev–Trinajstić information content (AvgIpc) is 2.47. The summed E-state index contributed by atoms with van der Waals surface area (Å²) in [6.45, 7) is 8.77. The molecule has 0 saturated heterocycles. The Balaban J connectivity index is 2.93. The van der Waals surface area contributed by atoms with E-state index in [0.717, 1.165) is 6.42 Å². The number of hydrogen-bond acceptors (Lipinski definition) is 3. The zero-order valence-electron chi connectivity index (χ0n) is 9.72. The Bertz CT molecular complexity index is 291. The molecule has 0 saturated carbocycles. The zero-order chi connectivity index (χ0) is 10.7. The van der Waals surface area contributed by atoms with Crippen molar-refractivity contribution >= 4 is 11.3 Å². The molecule has 0 aliphatic rings. The number of aromatic nitrogens is 1. The largest absolute Gasteiger partial charge is 0.311 e. The van der Waals surface area contributed by atoms with Crippen LogP contribution in [-0.4, -0.2) is 12.0 Å². The third-order valence-electron chi connectivity index (χ3n) is 2.49. The van der Waals surface area contributed by atoms with Crippen LogP contribution in [0.1, 0.15) is 42.4 Å². The molecule has 0 bridgehead atoms. The lowest BCUT2D eigenvalue weighted by Crippen LogP contribution is -2.21. The van der Waals surface area contributed by atoms with E-state index < -0.39 is 0 Å². The van der Waals surface area contributed by atoms with Gasteiger partial charge in [0.05, 0.1) is 11.7 Å². The second-order valence-electron chi connectivity index (χ2n) is 3.92. The highest BCUT2D eigenvalue weighted by Gasteiger charge is 2.18. The fourth-order valence-corrected chi connectivity index (χ4v) is 2.95. The predicted octanol–water partition coefficient (Wildman–Crippen LogP) is 2.93. The van der Waals surface area contributed by atoms with Crippen LogP contribution in [0.3, 0.4) is 0 Å². The summed E-state index contributed by atoms with van der Waals surface area (Å²) in [5, 5.41) is 4.56. The number of nitrogens with one attached hydrogen (secondary N) is 1. The monoisotopic (exact) mass is 212 g/mol. The van der Waals surface area contributed by atoms with Gasteiger partial charge in [0, 0.05) is 4.88 Å². The van der Waals surface area contributed by atoms with E-state index in [1.807, 2.05) is 18.4 Å². The Morgan fingerprint density at radius 1 is 1.43 bits per heavy atom. The summed E-state index contributed by atoms with van der Waals surface area (Å²) in [5.74, 6) is 0.593. The predicted molar refractivity (Wildman–Crippen MR) is 62.9 cm³/mol. The Labute approximate surface area is 90.8 Å². The van der Waals surface area contributed by atoms with E-state index in [2.05, 4.69) is 38.0 Å². The molecule has 0 aliphatic carbocycles. The smallest absolute Gasteiger partial charge is 0.110 e. The molecule has 1 N–H and O–H groups in total. The summed E-state index contributed by atoms with van der Waals surface area (Å²) >= 11 is 1.83. The van der Waals surface area contributed by atoms with E-state index in [-0.39, 0.29) is 0 Å². The van der Waals surface area contributed by atoms with Gasteiger partial charge in [-0.3, -0.25) is 0 Å². The first kappa shape index (κ1) is 11.7. The van der Waals surface area contributed by atoms with Crippen LogP contribution in [0.25, 0.3) is 0 Å².